The second-order valence-corrected chi connectivity index (χ2v) is 4.93. The summed E-state index contributed by atoms with van der Waals surface area (Å²) in [7, 11) is 0. The van der Waals surface area contributed by atoms with Gasteiger partial charge in [-0.15, -0.1) is 0 Å². The molecular formula is C11H19N3O2. The van der Waals surface area contributed by atoms with Crippen molar-refractivity contribution in [3.05, 3.63) is 18.2 Å². The zero-order chi connectivity index (χ0) is 12.3. The third-order valence-corrected chi connectivity index (χ3v) is 1.77. The lowest BCUT2D eigenvalue weighted by Gasteiger charge is -2.19. The highest BCUT2D eigenvalue weighted by Crippen LogP contribution is 2.09. The Morgan fingerprint density at radius 1 is 1.62 bits per heavy atom. The van der Waals surface area contributed by atoms with Crippen molar-refractivity contribution in [2.24, 2.45) is 5.73 Å². The molecule has 1 aromatic heterocycles. The van der Waals surface area contributed by atoms with Crippen LogP contribution in [0.4, 0.5) is 4.79 Å². The minimum Gasteiger partial charge on any atom is -0.443 e. The number of ether oxygens (including phenoxy) is 1. The number of rotatable bonds is 2. The highest BCUT2D eigenvalue weighted by atomic mass is 16.6. The van der Waals surface area contributed by atoms with Crippen molar-refractivity contribution < 1.29 is 9.53 Å². The predicted molar refractivity (Wildman–Crippen MR) is 61.2 cm³/mol. The zero-order valence-electron chi connectivity index (χ0n) is 10.2. The average molecular weight is 225 g/mol. The molecule has 0 unspecified atom stereocenters. The van der Waals surface area contributed by atoms with E-state index in [0.29, 0.717) is 6.42 Å². The summed E-state index contributed by atoms with van der Waals surface area (Å²) in [5.41, 5.74) is 5.94. The van der Waals surface area contributed by atoms with Gasteiger partial charge in [0.05, 0.1) is 5.69 Å². The monoisotopic (exact) mass is 225 g/mol. The summed E-state index contributed by atoms with van der Waals surface area (Å²) in [5.74, 6) is 0. The summed E-state index contributed by atoms with van der Waals surface area (Å²) >= 11 is 0. The number of nitrogens with two attached hydrogens (primary N) is 1. The van der Waals surface area contributed by atoms with Gasteiger partial charge in [-0.25, -0.2) is 14.3 Å². The lowest BCUT2D eigenvalue weighted by molar-refractivity contribution is 0.0536. The molecule has 2 N–H and O–H groups in total. The first-order valence-electron chi connectivity index (χ1n) is 5.30. The molecule has 1 heterocycles. The van der Waals surface area contributed by atoms with Crippen LogP contribution < -0.4 is 5.73 Å². The van der Waals surface area contributed by atoms with Gasteiger partial charge in [0, 0.05) is 18.7 Å². The van der Waals surface area contributed by atoms with Gasteiger partial charge in [-0.3, -0.25) is 0 Å². The van der Waals surface area contributed by atoms with Crippen molar-refractivity contribution in [2.75, 3.05) is 0 Å². The third-order valence-electron chi connectivity index (χ3n) is 1.77. The molecule has 1 rings (SSSR count). The van der Waals surface area contributed by atoms with Crippen molar-refractivity contribution in [3.63, 3.8) is 0 Å². The molecule has 16 heavy (non-hydrogen) atoms. The first-order valence-corrected chi connectivity index (χ1v) is 5.30. The van der Waals surface area contributed by atoms with E-state index in [0.717, 1.165) is 5.69 Å². The van der Waals surface area contributed by atoms with Gasteiger partial charge in [-0.1, -0.05) is 0 Å². The molecule has 0 saturated heterocycles. The molecule has 0 aromatic carbocycles. The standard InChI is InChI=1S/C11H19N3O2/c1-8(12)5-9-6-14(7-13-9)10(15)16-11(2,3)4/h6-8H,5,12H2,1-4H3/t8-/m1/s1. The Hall–Kier alpha value is -1.36. The van der Waals surface area contributed by atoms with Gasteiger partial charge in [0.2, 0.25) is 0 Å². The summed E-state index contributed by atoms with van der Waals surface area (Å²) in [6, 6.07) is 0.0296. The maximum absolute atomic E-state index is 11.6. The summed E-state index contributed by atoms with van der Waals surface area (Å²) in [4.78, 5) is 15.7. The smallest absolute Gasteiger partial charge is 0.419 e. The van der Waals surface area contributed by atoms with E-state index in [1.165, 1.54) is 10.9 Å². The Balaban J connectivity index is 2.67. The molecule has 0 saturated carbocycles. The fourth-order valence-electron chi connectivity index (χ4n) is 1.21. The second-order valence-electron chi connectivity index (χ2n) is 4.93. The lowest BCUT2D eigenvalue weighted by atomic mass is 10.2. The number of carbonyl (C=O) groups excluding carboxylic acids is 1. The van der Waals surface area contributed by atoms with E-state index in [-0.39, 0.29) is 6.04 Å². The normalized spacial score (nSPS) is 13.6. The van der Waals surface area contributed by atoms with Crippen LogP contribution in [0.15, 0.2) is 12.5 Å². The highest BCUT2D eigenvalue weighted by molar-refractivity contribution is 5.70. The van der Waals surface area contributed by atoms with Gasteiger partial charge in [0.15, 0.2) is 0 Å². The van der Waals surface area contributed by atoms with Crippen LogP contribution in [0, 0.1) is 0 Å². The van der Waals surface area contributed by atoms with Gasteiger partial charge < -0.3 is 10.5 Å². The number of imidazole rings is 1. The molecule has 0 bridgehead atoms. The van der Waals surface area contributed by atoms with E-state index in [9.17, 15) is 4.79 Å². The Morgan fingerprint density at radius 2 is 2.25 bits per heavy atom. The van der Waals surface area contributed by atoms with Gasteiger partial charge in [0.1, 0.15) is 11.9 Å². The molecule has 0 spiro atoms. The molecule has 0 aliphatic heterocycles. The van der Waals surface area contributed by atoms with Crippen molar-refractivity contribution in [2.45, 2.75) is 45.8 Å². The second kappa shape index (κ2) is 4.65. The Morgan fingerprint density at radius 3 is 2.75 bits per heavy atom. The molecule has 5 nitrogen and oxygen atoms in total. The maximum atomic E-state index is 11.6. The van der Waals surface area contributed by atoms with Crippen LogP contribution in [0.25, 0.3) is 0 Å². The Bertz CT molecular complexity index is 364. The summed E-state index contributed by atoms with van der Waals surface area (Å²) in [6.07, 6.45) is 3.33. The minimum atomic E-state index is -0.497. The van der Waals surface area contributed by atoms with Crippen molar-refractivity contribution >= 4 is 6.09 Å². The van der Waals surface area contributed by atoms with Crippen molar-refractivity contribution in [1.29, 1.82) is 0 Å². The number of nitrogens with zero attached hydrogens (tertiary/aromatic N) is 2. The van der Waals surface area contributed by atoms with Crippen LogP contribution in [0.3, 0.4) is 0 Å². The molecule has 0 fully saturated rings. The number of carbonyl (C=O) groups is 1. The Kier molecular flexibility index (Phi) is 3.70. The van der Waals surface area contributed by atoms with Gasteiger partial charge >= 0.3 is 6.09 Å². The molecular weight excluding hydrogens is 206 g/mol. The first-order chi connectivity index (χ1) is 7.28. The SMILES string of the molecule is C[C@@H](N)Cc1cn(C(=O)OC(C)(C)C)cn1. The number of hydrogen-bond donors (Lipinski definition) is 1. The average Bonchev–Trinajstić information content (AvgIpc) is 2.48. The first kappa shape index (κ1) is 12.7. The lowest BCUT2D eigenvalue weighted by Crippen LogP contribution is -2.26. The quantitative estimate of drug-likeness (QED) is 0.829. The van der Waals surface area contributed by atoms with Crippen LogP contribution in [-0.2, 0) is 11.2 Å². The van der Waals surface area contributed by atoms with E-state index < -0.39 is 11.7 Å². The van der Waals surface area contributed by atoms with Gasteiger partial charge in [-0.2, -0.15) is 0 Å². The van der Waals surface area contributed by atoms with E-state index >= 15 is 0 Å². The van der Waals surface area contributed by atoms with Gasteiger partial charge in [-0.05, 0) is 27.7 Å². The van der Waals surface area contributed by atoms with Gasteiger partial charge in [0.25, 0.3) is 0 Å². The molecule has 0 amide bonds. The predicted octanol–water partition coefficient (Wildman–Crippen LogP) is 1.56. The van der Waals surface area contributed by atoms with Crippen molar-refractivity contribution in [1.82, 2.24) is 9.55 Å². The van der Waals surface area contributed by atoms with E-state index in [2.05, 4.69) is 4.98 Å². The maximum Gasteiger partial charge on any atom is 0.419 e. The summed E-state index contributed by atoms with van der Waals surface area (Å²) in [6.45, 7) is 7.37. The van der Waals surface area contributed by atoms with Crippen LogP contribution in [0.5, 0.6) is 0 Å². The molecule has 0 aliphatic rings. The van der Waals surface area contributed by atoms with E-state index in [1.54, 1.807) is 6.20 Å². The highest BCUT2D eigenvalue weighted by Gasteiger charge is 2.18. The third kappa shape index (κ3) is 4.02. The number of hydrogen-bond acceptors (Lipinski definition) is 4. The molecule has 0 radical (unpaired) electrons. The van der Waals surface area contributed by atoms with Crippen LogP contribution in [0.1, 0.15) is 33.4 Å². The van der Waals surface area contributed by atoms with E-state index in [4.69, 9.17) is 10.5 Å². The molecule has 1 aromatic rings. The summed E-state index contributed by atoms with van der Waals surface area (Å²) < 4.78 is 6.53. The topological polar surface area (TPSA) is 70.1 Å². The van der Waals surface area contributed by atoms with E-state index in [1.807, 2.05) is 27.7 Å². The number of aromatic nitrogens is 2. The summed E-state index contributed by atoms with van der Waals surface area (Å²) in [5, 5.41) is 0. The Labute approximate surface area is 95.6 Å². The minimum absolute atomic E-state index is 0.0296. The van der Waals surface area contributed by atoms with Crippen LogP contribution >= 0.6 is 0 Å². The van der Waals surface area contributed by atoms with Crippen LogP contribution in [-0.4, -0.2) is 27.3 Å². The molecule has 0 aliphatic carbocycles. The zero-order valence-corrected chi connectivity index (χ0v) is 10.2. The molecule has 90 valence electrons. The molecule has 1 atom stereocenters. The van der Waals surface area contributed by atoms with Crippen LogP contribution in [0.2, 0.25) is 0 Å². The fourth-order valence-corrected chi connectivity index (χ4v) is 1.21. The largest absolute Gasteiger partial charge is 0.443 e. The van der Waals surface area contributed by atoms with Crippen molar-refractivity contribution in [3.8, 4) is 0 Å². The molecule has 5 heteroatoms. The fraction of sp³-hybridized carbons (Fsp3) is 0.636.